The fourth-order valence-corrected chi connectivity index (χ4v) is 5.13. The quantitative estimate of drug-likeness (QED) is 0.259. The average molecular weight is 526 g/mol. The summed E-state index contributed by atoms with van der Waals surface area (Å²) in [5.74, 6) is -1.59. The highest BCUT2D eigenvalue weighted by Gasteiger charge is 2.34. The van der Waals surface area contributed by atoms with Crippen LogP contribution in [0.4, 0.5) is 5.69 Å². The van der Waals surface area contributed by atoms with Crippen molar-refractivity contribution in [3.8, 4) is 0 Å². The van der Waals surface area contributed by atoms with E-state index < -0.39 is 5.97 Å². The Morgan fingerprint density at radius 1 is 1.00 bits per heavy atom. The molecule has 1 saturated heterocycles. The lowest BCUT2D eigenvalue weighted by atomic mass is 10.1. The lowest BCUT2D eigenvalue weighted by Gasteiger charge is -2.16. The number of thioether (sulfide) groups is 1. The van der Waals surface area contributed by atoms with E-state index in [-0.39, 0.29) is 30.5 Å². The molecule has 1 aromatic heterocycles. The zero-order valence-corrected chi connectivity index (χ0v) is 21.2. The first-order valence-corrected chi connectivity index (χ1v) is 12.6. The van der Waals surface area contributed by atoms with Gasteiger partial charge in [0.1, 0.15) is 6.54 Å². The van der Waals surface area contributed by atoms with Gasteiger partial charge >= 0.3 is 11.9 Å². The fraction of sp³-hybridized carbons (Fsp3) is 0.103. The van der Waals surface area contributed by atoms with Gasteiger partial charge in [0.05, 0.1) is 29.8 Å². The number of carboxylic acids is 1. The first kappa shape index (κ1) is 25.0. The number of benzene rings is 3. The standard InChI is InChI=1S/C29H23N3O5S/c1-37-26(33)18-31-17-21(23-9-5-6-10-24(23)31)15-25-27(34)32(16-19-11-13-20(14-12-19)28(35)36)29(38-25)30-22-7-3-2-4-8-22/h2-15,17H,16,18H2,1H3,(H,35,36)/b25-15+,30-29?. The summed E-state index contributed by atoms with van der Waals surface area (Å²) in [6.45, 7) is 0.291. The molecule has 2 heterocycles. The lowest BCUT2D eigenvalue weighted by Crippen LogP contribution is -2.28. The molecule has 190 valence electrons. The van der Waals surface area contributed by atoms with Crippen LogP contribution in [0.3, 0.4) is 0 Å². The predicted octanol–water partition coefficient (Wildman–Crippen LogP) is 5.32. The molecule has 0 spiro atoms. The highest BCUT2D eigenvalue weighted by Crippen LogP contribution is 2.36. The molecule has 0 saturated carbocycles. The molecule has 0 bridgehead atoms. The summed E-state index contributed by atoms with van der Waals surface area (Å²) >= 11 is 1.27. The normalized spacial score (nSPS) is 15.5. The second-order valence-corrected chi connectivity index (χ2v) is 9.55. The number of hydrogen-bond donors (Lipinski definition) is 1. The summed E-state index contributed by atoms with van der Waals surface area (Å²) < 4.78 is 6.64. The first-order chi connectivity index (χ1) is 18.4. The molecule has 1 aliphatic heterocycles. The molecular weight excluding hydrogens is 502 g/mol. The van der Waals surface area contributed by atoms with Crippen molar-refractivity contribution in [3.05, 3.63) is 107 Å². The number of para-hydroxylation sites is 2. The Morgan fingerprint density at radius 3 is 2.42 bits per heavy atom. The average Bonchev–Trinajstić information content (AvgIpc) is 3.41. The van der Waals surface area contributed by atoms with Crippen molar-refractivity contribution in [3.63, 3.8) is 0 Å². The van der Waals surface area contributed by atoms with Crippen molar-refractivity contribution in [2.24, 2.45) is 4.99 Å². The van der Waals surface area contributed by atoms with E-state index in [1.807, 2.05) is 66.9 Å². The van der Waals surface area contributed by atoms with Crippen LogP contribution in [0.1, 0.15) is 21.5 Å². The van der Waals surface area contributed by atoms with Crippen LogP contribution < -0.4 is 0 Å². The maximum Gasteiger partial charge on any atom is 0.335 e. The topological polar surface area (TPSA) is 101 Å². The van der Waals surface area contributed by atoms with Crippen molar-refractivity contribution < 1.29 is 24.2 Å². The van der Waals surface area contributed by atoms with Gasteiger partial charge in [-0.15, -0.1) is 0 Å². The molecule has 0 aliphatic carbocycles. The molecule has 1 fully saturated rings. The minimum atomic E-state index is -1.01. The van der Waals surface area contributed by atoms with Gasteiger partial charge in [-0.3, -0.25) is 14.5 Å². The predicted molar refractivity (Wildman–Crippen MR) is 147 cm³/mol. The van der Waals surface area contributed by atoms with Gasteiger partial charge in [-0.1, -0.05) is 48.5 Å². The van der Waals surface area contributed by atoms with Crippen LogP contribution in [-0.2, 0) is 27.4 Å². The number of esters is 1. The highest BCUT2D eigenvalue weighted by atomic mass is 32.2. The number of aliphatic imine (C=N–C) groups is 1. The van der Waals surface area contributed by atoms with E-state index in [1.165, 1.54) is 31.0 Å². The van der Waals surface area contributed by atoms with E-state index in [9.17, 15) is 19.5 Å². The zero-order valence-electron chi connectivity index (χ0n) is 20.4. The zero-order chi connectivity index (χ0) is 26.6. The van der Waals surface area contributed by atoms with Gasteiger partial charge < -0.3 is 14.4 Å². The number of methoxy groups -OCH3 is 1. The minimum Gasteiger partial charge on any atom is -0.478 e. The number of aromatic nitrogens is 1. The van der Waals surface area contributed by atoms with Gasteiger partial charge in [-0.2, -0.15) is 0 Å². The van der Waals surface area contributed by atoms with Crippen LogP contribution in [0, 0.1) is 0 Å². The maximum atomic E-state index is 13.6. The summed E-state index contributed by atoms with van der Waals surface area (Å²) in [6.07, 6.45) is 3.65. The SMILES string of the molecule is COC(=O)Cn1cc(/C=C2/SC(=Nc3ccccc3)N(Cc3ccc(C(=O)O)cc3)C2=O)c2ccccc21. The molecule has 1 amide bonds. The fourth-order valence-electron chi connectivity index (χ4n) is 4.14. The number of carbonyl (C=O) groups is 3. The third-order valence-electron chi connectivity index (χ3n) is 6.04. The van der Waals surface area contributed by atoms with Crippen LogP contribution in [0.2, 0.25) is 0 Å². The molecular formula is C29H23N3O5S. The lowest BCUT2D eigenvalue weighted by molar-refractivity contribution is -0.141. The number of rotatable bonds is 7. The van der Waals surface area contributed by atoms with E-state index in [4.69, 9.17) is 9.73 Å². The number of carboxylic acid groups (broad SMARTS) is 1. The van der Waals surface area contributed by atoms with Gasteiger partial charge in [0.25, 0.3) is 5.91 Å². The molecule has 1 N–H and O–H groups in total. The molecule has 9 heteroatoms. The number of ether oxygens (including phenoxy) is 1. The number of aromatic carboxylic acids is 1. The van der Waals surface area contributed by atoms with E-state index in [2.05, 4.69) is 0 Å². The van der Waals surface area contributed by atoms with Gasteiger partial charge in [-0.05, 0) is 53.7 Å². The Kier molecular flexibility index (Phi) is 7.10. The van der Waals surface area contributed by atoms with Crippen LogP contribution in [-0.4, -0.2) is 44.7 Å². The van der Waals surface area contributed by atoms with Crippen LogP contribution in [0.5, 0.6) is 0 Å². The number of amidine groups is 1. The van der Waals surface area contributed by atoms with E-state index >= 15 is 0 Å². The van der Waals surface area contributed by atoms with Crippen molar-refractivity contribution in [1.82, 2.24) is 9.47 Å². The number of hydrogen-bond acceptors (Lipinski definition) is 6. The van der Waals surface area contributed by atoms with Gasteiger partial charge in [0.2, 0.25) is 0 Å². The Hall–Kier alpha value is -4.63. The van der Waals surface area contributed by atoms with Crippen LogP contribution >= 0.6 is 11.8 Å². The van der Waals surface area contributed by atoms with E-state index in [0.29, 0.717) is 15.8 Å². The van der Waals surface area contributed by atoms with Crippen LogP contribution in [0.25, 0.3) is 17.0 Å². The molecule has 3 aromatic carbocycles. The van der Waals surface area contributed by atoms with Gasteiger partial charge in [0.15, 0.2) is 5.17 Å². The first-order valence-electron chi connectivity index (χ1n) is 11.7. The van der Waals surface area contributed by atoms with E-state index in [0.717, 1.165) is 22.0 Å². The van der Waals surface area contributed by atoms with Crippen LogP contribution in [0.15, 0.2) is 95.0 Å². The summed E-state index contributed by atoms with van der Waals surface area (Å²) in [5, 5.41) is 10.6. The molecule has 0 unspecified atom stereocenters. The third-order valence-corrected chi connectivity index (χ3v) is 7.05. The molecule has 0 radical (unpaired) electrons. The molecule has 4 aromatic rings. The molecule has 38 heavy (non-hydrogen) atoms. The minimum absolute atomic E-state index is 0.0560. The molecule has 0 atom stereocenters. The number of nitrogens with zero attached hydrogens (tertiary/aromatic N) is 3. The van der Waals surface area contributed by atoms with Crippen molar-refractivity contribution >= 4 is 57.4 Å². The highest BCUT2D eigenvalue weighted by molar-refractivity contribution is 8.18. The van der Waals surface area contributed by atoms with Gasteiger partial charge in [0, 0.05) is 22.7 Å². The van der Waals surface area contributed by atoms with E-state index in [1.54, 1.807) is 21.6 Å². The summed E-state index contributed by atoms with van der Waals surface area (Å²) in [5.41, 5.74) is 3.32. The Bertz CT molecular complexity index is 1590. The van der Waals surface area contributed by atoms with Crippen molar-refractivity contribution in [2.45, 2.75) is 13.1 Å². The Balaban J connectivity index is 1.52. The second-order valence-electron chi connectivity index (χ2n) is 8.54. The molecule has 8 nitrogen and oxygen atoms in total. The maximum absolute atomic E-state index is 13.6. The number of carbonyl (C=O) groups excluding carboxylic acids is 2. The second kappa shape index (κ2) is 10.8. The summed E-state index contributed by atoms with van der Waals surface area (Å²) in [4.78, 5) is 43.6. The molecule has 5 rings (SSSR count). The Morgan fingerprint density at radius 2 is 1.71 bits per heavy atom. The monoisotopic (exact) mass is 525 g/mol. The molecule has 1 aliphatic rings. The number of amides is 1. The summed E-state index contributed by atoms with van der Waals surface area (Å²) in [6, 6.07) is 23.5. The number of fused-ring (bicyclic) bond motifs is 1. The van der Waals surface area contributed by atoms with Gasteiger partial charge in [-0.25, -0.2) is 9.79 Å². The largest absolute Gasteiger partial charge is 0.478 e. The third kappa shape index (κ3) is 5.23. The smallest absolute Gasteiger partial charge is 0.335 e. The van der Waals surface area contributed by atoms with Crippen molar-refractivity contribution in [2.75, 3.05) is 7.11 Å². The Labute approximate surface area is 222 Å². The van der Waals surface area contributed by atoms with Crippen molar-refractivity contribution in [1.29, 1.82) is 0 Å². The summed E-state index contributed by atoms with van der Waals surface area (Å²) in [7, 11) is 1.35.